The normalized spacial score (nSPS) is 13.2. The minimum absolute atomic E-state index is 0.452. The van der Waals surface area contributed by atoms with Gasteiger partial charge >= 0.3 is 11.8 Å². The molecule has 0 unspecified atom stereocenters. The topological polar surface area (TPSA) is 62.3 Å². The molecule has 20 heavy (non-hydrogen) atoms. The van der Waals surface area contributed by atoms with Gasteiger partial charge in [-0.05, 0) is 25.0 Å². The number of hydrogen-bond acceptors (Lipinski definition) is 4. The van der Waals surface area contributed by atoms with Crippen LogP contribution in [0.3, 0.4) is 0 Å². The van der Waals surface area contributed by atoms with Crippen molar-refractivity contribution in [3.63, 3.8) is 0 Å². The van der Waals surface area contributed by atoms with Gasteiger partial charge < -0.3 is 4.90 Å². The van der Waals surface area contributed by atoms with Gasteiger partial charge in [0.1, 0.15) is 0 Å². The Hall–Kier alpha value is -2.21. The molecular formula is C14H13N3O2S. The third-order valence-electron chi connectivity index (χ3n) is 3.17. The Balaban J connectivity index is 1.75. The molecule has 0 radical (unpaired) electrons. The van der Waals surface area contributed by atoms with Gasteiger partial charge in [-0.2, -0.15) is 0 Å². The highest BCUT2D eigenvalue weighted by atomic mass is 32.1. The number of rotatable bonds is 1. The van der Waals surface area contributed by atoms with Gasteiger partial charge in [0.25, 0.3) is 0 Å². The van der Waals surface area contributed by atoms with E-state index in [1.165, 1.54) is 16.2 Å². The lowest BCUT2D eigenvalue weighted by Crippen LogP contribution is -2.38. The fourth-order valence-corrected chi connectivity index (χ4v) is 2.92. The molecule has 0 bridgehead atoms. The first kappa shape index (κ1) is 12.8. The van der Waals surface area contributed by atoms with E-state index < -0.39 is 11.8 Å². The average molecular weight is 287 g/mol. The second kappa shape index (κ2) is 5.05. The minimum Gasteiger partial charge on any atom is -0.304 e. The average Bonchev–Trinajstić information content (AvgIpc) is 3.04. The maximum absolute atomic E-state index is 12.2. The van der Waals surface area contributed by atoms with Crippen LogP contribution in [0.5, 0.6) is 0 Å². The molecule has 0 spiro atoms. The van der Waals surface area contributed by atoms with Crippen LogP contribution in [-0.4, -0.2) is 23.3 Å². The quantitative estimate of drug-likeness (QED) is 0.816. The fourth-order valence-electron chi connectivity index (χ4n) is 2.23. The van der Waals surface area contributed by atoms with Gasteiger partial charge in [-0.1, -0.05) is 18.2 Å². The highest BCUT2D eigenvalue weighted by Gasteiger charge is 2.29. The lowest BCUT2D eigenvalue weighted by molar-refractivity contribution is -0.134. The first-order valence-corrected chi connectivity index (χ1v) is 7.16. The van der Waals surface area contributed by atoms with E-state index >= 15 is 0 Å². The number of aromatic nitrogens is 1. The summed E-state index contributed by atoms with van der Waals surface area (Å²) in [5, 5.41) is 4.82. The lowest BCUT2D eigenvalue weighted by Gasteiger charge is -2.15. The zero-order valence-electron chi connectivity index (χ0n) is 10.9. The molecule has 2 amide bonds. The van der Waals surface area contributed by atoms with Crippen LogP contribution in [0.2, 0.25) is 0 Å². The molecule has 6 heteroatoms. The van der Waals surface area contributed by atoms with E-state index in [9.17, 15) is 9.59 Å². The standard InChI is InChI=1S/C14H13N3O2S/c1-9-8-20-14(15-9)16-12(18)13(19)17-7-6-10-4-2-3-5-11(10)17/h2-5,8H,6-7H2,1H3,(H,15,16,18). The third kappa shape index (κ3) is 2.30. The zero-order valence-corrected chi connectivity index (χ0v) is 11.7. The van der Waals surface area contributed by atoms with Crippen molar-refractivity contribution < 1.29 is 9.59 Å². The van der Waals surface area contributed by atoms with Crippen LogP contribution in [0.25, 0.3) is 0 Å². The molecule has 3 rings (SSSR count). The number of aryl methyl sites for hydroxylation is 1. The van der Waals surface area contributed by atoms with Gasteiger partial charge in [0, 0.05) is 17.6 Å². The van der Waals surface area contributed by atoms with Crippen molar-refractivity contribution in [2.45, 2.75) is 13.3 Å². The Labute approximate surface area is 120 Å². The molecule has 0 aliphatic carbocycles. The van der Waals surface area contributed by atoms with E-state index in [-0.39, 0.29) is 0 Å². The monoisotopic (exact) mass is 287 g/mol. The molecule has 2 heterocycles. The number of fused-ring (bicyclic) bond motifs is 1. The summed E-state index contributed by atoms with van der Waals surface area (Å²) in [5.41, 5.74) is 2.74. The van der Waals surface area contributed by atoms with Gasteiger partial charge in [0.2, 0.25) is 0 Å². The van der Waals surface area contributed by atoms with Crippen LogP contribution >= 0.6 is 11.3 Å². The van der Waals surface area contributed by atoms with Crippen molar-refractivity contribution in [1.82, 2.24) is 4.98 Å². The summed E-state index contributed by atoms with van der Waals surface area (Å²) >= 11 is 1.31. The second-order valence-corrected chi connectivity index (χ2v) is 5.44. The summed E-state index contributed by atoms with van der Waals surface area (Å²) in [7, 11) is 0. The van der Waals surface area contributed by atoms with E-state index in [0.717, 1.165) is 23.4 Å². The number of benzene rings is 1. The van der Waals surface area contributed by atoms with Crippen LogP contribution in [0.15, 0.2) is 29.6 Å². The molecule has 1 aliphatic heterocycles. The predicted molar refractivity (Wildman–Crippen MR) is 78.0 cm³/mol. The maximum Gasteiger partial charge on any atom is 0.316 e. The number of amides is 2. The number of nitrogens with zero attached hydrogens (tertiary/aromatic N) is 2. The molecule has 1 aromatic heterocycles. The van der Waals surface area contributed by atoms with E-state index in [1.54, 1.807) is 0 Å². The SMILES string of the molecule is Cc1csc(NC(=O)C(=O)N2CCc3ccccc32)n1. The first-order chi connectivity index (χ1) is 9.65. The summed E-state index contributed by atoms with van der Waals surface area (Å²) in [5.74, 6) is -1.18. The van der Waals surface area contributed by atoms with Gasteiger partial charge in [0.15, 0.2) is 5.13 Å². The maximum atomic E-state index is 12.2. The van der Waals surface area contributed by atoms with Crippen molar-refractivity contribution in [1.29, 1.82) is 0 Å². The largest absolute Gasteiger partial charge is 0.316 e. The van der Waals surface area contributed by atoms with E-state index in [1.807, 2.05) is 36.6 Å². The molecule has 1 aliphatic rings. The van der Waals surface area contributed by atoms with Crippen LogP contribution in [0.1, 0.15) is 11.3 Å². The van der Waals surface area contributed by atoms with E-state index in [4.69, 9.17) is 0 Å². The molecule has 102 valence electrons. The Morgan fingerprint density at radius 3 is 2.90 bits per heavy atom. The number of carbonyl (C=O) groups excluding carboxylic acids is 2. The summed E-state index contributed by atoms with van der Waals surface area (Å²) in [6.07, 6.45) is 0.783. The molecule has 5 nitrogen and oxygen atoms in total. The van der Waals surface area contributed by atoms with Crippen LogP contribution in [-0.2, 0) is 16.0 Å². The molecular weight excluding hydrogens is 274 g/mol. The van der Waals surface area contributed by atoms with Crippen molar-refractivity contribution >= 4 is 34.0 Å². The summed E-state index contributed by atoms with van der Waals surface area (Å²) < 4.78 is 0. The number of para-hydroxylation sites is 1. The number of nitrogens with one attached hydrogen (secondary N) is 1. The lowest BCUT2D eigenvalue weighted by atomic mass is 10.2. The highest BCUT2D eigenvalue weighted by molar-refractivity contribution is 7.14. The van der Waals surface area contributed by atoms with Crippen LogP contribution in [0, 0.1) is 6.92 Å². The molecule has 1 aromatic carbocycles. The van der Waals surface area contributed by atoms with Gasteiger partial charge in [0.05, 0.1) is 5.69 Å². The summed E-state index contributed by atoms with van der Waals surface area (Å²) in [6.45, 7) is 2.38. The minimum atomic E-state index is -0.643. The van der Waals surface area contributed by atoms with Crippen LogP contribution in [0.4, 0.5) is 10.8 Å². The molecule has 2 aromatic rings. The predicted octanol–water partition coefficient (Wildman–Crippen LogP) is 1.98. The Morgan fingerprint density at radius 1 is 1.35 bits per heavy atom. The first-order valence-electron chi connectivity index (χ1n) is 6.28. The smallest absolute Gasteiger partial charge is 0.304 e. The molecule has 0 saturated heterocycles. The second-order valence-electron chi connectivity index (χ2n) is 4.58. The third-order valence-corrected chi connectivity index (χ3v) is 4.04. The Kier molecular flexibility index (Phi) is 3.23. The van der Waals surface area contributed by atoms with Crippen molar-refractivity contribution in [3.05, 3.63) is 40.9 Å². The van der Waals surface area contributed by atoms with Gasteiger partial charge in [-0.25, -0.2) is 4.98 Å². The van der Waals surface area contributed by atoms with Gasteiger partial charge in [-0.3, -0.25) is 14.9 Å². The van der Waals surface area contributed by atoms with Crippen LogP contribution < -0.4 is 10.2 Å². The molecule has 0 atom stereocenters. The van der Waals surface area contributed by atoms with Crippen molar-refractivity contribution in [3.8, 4) is 0 Å². The van der Waals surface area contributed by atoms with E-state index in [2.05, 4.69) is 10.3 Å². The summed E-state index contributed by atoms with van der Waals surface area (Å²) in [6, 6.07) is 7.64. The number of carbonyl (C=O) groups is 2. The molecule has 1 N–H and O–H groups in total. The van der Waals surface area contributed by atoms with Crippen molar-refractivity contribution in [2.24, 2.45) is 0 Å². The van der Waals surface area contributed by atoms with Gasteiger partial charge in [-0.15, -0.1) is 11.3 Å². The summed E-state index contributed by atoms with van der Waals surface area (Å²) in [4.78, 5) is 29.8. The number of thiazole rings is 1. The zero-order chi connectivity index (χ0) is 14.1. The number of anilines is 2. The Morgan fingerprint density at radius 2 is 2.15 bits per heavy atom. The highest BCUT2D eigenvalue weighted by Crippen LogP contribution is 2.27. The molecule has 0 saturated carbocycles. The van der Waals surface area contributed by atoms with Crippen molar-refractivity contribution in [2.75, 3.05) is 16.8 Å². The fraction of sp³-hybridized carbons (Fsp3) is 0.214. The Bertz CT molecular complexity index is 681. The number of hydrogen-bond donors (Lipinski definition) is 1. The van der Waals surface area contributed by atoms with E-state index in [0.29, 0.717) is 11.7 Å². The molecule has 0 fully saturated rings.